The Kier molecular flexibility index (Phi) is 5.79. The fourth-order valence-electron chi connectivity index (χ4n) is 3.08. The third kappa shape index (κ3) is 3.83. The van der Waals surface area contributed by atoms with Crippen LogP contribution in [0.3, 0.4) is 0 Å². The third-order valence-electron chi connectivity index (χ3n) is 4.38. The number of benzene rings is 2. The van der Waals surface area contributed by atoms with Gasteiger partial charge < -0.3 is 9.47 Å². The third-order valence-corrected chi connectivity index (χ3v) is 5.21. The van der Waals surface area contributed by atoms with Gasteiger partial charge in [-0.25, -0.2) is 0 Å². The van der Waals surface area contributed by atoms with E-state index in [2.05, 4.69) is 67.8 Å². The van der Waals surface area contributed by atoms with Crippen molar-refractivity contribution < 1.29 is 9.47 Å². The normalized spacial score (nSPS) is 11.3. The Morgan fingerprint density at radius 2 is 1.73 bits per heavy atom. The van der Waals surface area contributed by atoms with Crippen molar-refractivity contribution in [1.29, 1.82) is 0 Å². The molecule has 0 aliphatic heterocycles. The van der Waals surface area contributed by atoms with E-state index in [-0.39, 0.29) is 0 Å². The fraction of sp³-hybridized carbons (Fsp3) is 0.217. The molecule has 3 heteroatoms. The van der Waals surface area contributed by atoms with E-state index in [1.807, 2.05) is 12.1 Å². The van der Waals surface area contributed by atoms with Crippen LogP contribution in [-0.4, -0.2) is 14.2 Å². The number of rotatable bonds is 6. The number of hydrogen-bond donors (Lipinski definition) is 0. The molecule has 134 valence electrons. The molecular formula is C23H24O2S. The summed E-state index contributed by atoms with van der Waals surface area (Å²) in [6.07, 6.45) is 4.31. The zero-order chi connectivity index (χ0) is 18.5. The van der Waals surface area contributed by atoms with Crippen LogP contribution in [0.5, 0.6) is 11.5 Å². The van der Waals surface area contributed by atoms with Crippen LogP contribution in [0.25, 0.3) is 23.3 Å². The molecule has 0 spiro atoms. The minimum Gasteiger partial charge on any atom is -0.493 e. The maximum absolute atomic E-state index is 5.67. The summed E-state index contributed by atoms with van der Waals surface area (Å²) >= 11 is 1.74. The Balaban J connectivity index is 2.11. The summed E-state index contributed by atoms with van der Waals surface area (Å²) in [5.74, 6) is 1.94. The van der Waals surface area contributed by atoms with Gasteiger partial charge in [-0.15, -0.1) is 11.3 Å². The van der Waals surface area contributed by atoms with Gasteiger partial charge in [0.15, 0.2) is 11.5 Å². The van der Waals surface area contributed by atoms with Gasteiger partial charge in [0.05, 0.1) is 14.2 Å². The minimum absolute atomic E-state index is 0.413. The van der Waals surface area contributed by atoms with Crippen LogP contribution in [0.15, 0.2) is 53.9 Å². The van der Waals surface area contributed by atoms with Gasteiger partial charge in [-0.05, 0) is 52.3 Å². The van der Waals surface area contributed by atoms with E-state index < -0.39 is 0 Å². The summed E-state index contributed by atoms with van der Waals surface area (Å²) in [4.78, 5) is 1.25. The quantitative estimate of drug-likeness (QED) is 0.483. The van der Waals surface area contributed by atoms with Crippen LogP contribution < -0.4 is 9.47 Å². The van der Waals surface area contributed by atoms with Crippen molar-refractivity contribution in [1.82, 2.24) is 0 Å². The number of methoxy groups -OCH3 is 2. The van der Waals surface area contributed by atoms with E-state index >= 15 is 0 Å². The van der Waals surface area contributed by atoms with Gasteiger partial charge in [0.25, 0.3) is 0 Å². The summed E-state index contributed by atoms with van der Waals surface area (Å²) in [6, 6.07) is 16.8. The highest BCUT2D eigenvalue weighted by molar-refractivity contribution is 7.10. The molecule has 0 amide bonds. The van der Waals surface area contributed by atoms with Gasteiger partial charge in [-0.2, -0.15) is 0 Å². The summed E-state index contributed by atoms with van der Waals surface area (Å²) in [6.45, 7) is 4.43. The van der Waals surface area contributed by atoms with Crippen LogP contribution >= 0.6 is 11.3 Å². The Labute approximate surface area is 159 Å². The van der Waals surface area contributed by atoms with E-state index in [1.165, 1.54) is 21.6 Å². The Morgan fingerprint density at radius 1 is 0.885 bits per heavy atom. The van der Waals surface area contributed by atoms with Crippen molar-refractivity contribution in [3.8, 4) is 22.6 Å². The molecule has 0 aliphatic carbocycles. The van der Waals surface area contributed by atoms with Crippen molar-refractivity contribution in [2.45, 2.75) is 19.8 Å². The van der Waals surface area contributed by atoms with Crippen LogP contribution in [0, 0.1) is 0 Å². The first-order valence-electron chi connectivity index (χ1n) is 8.71. The first-order chi connectivity index (χ1) is 12.6. The van der Waals surface area contributed by atoms with Crippen LogP contribution in [0.2, 0.25) is 0 Å². The lowest BCUT2D eigenvalue weighted by molar-refractivity contribution is 0.356. The molecule has 2 aromatic carbocycles. The molecular weight excluding hydrogens is 340 g/mol. The lowest BCUT2D eigenvalue weighted by atomic mass is 9.90. The second-order valence-corrected chi connectivity index (χ2v) is 7.37. The molecule has 3 aromatic rings. The highest BCUT2D eigenvalue weighted by Gasteiger charge is 2.16. The largest absolute Gasteiger partial charge is 0.493 e. The highest BCUT2D eigenvalue weighted by Crippen LogP contribution is 2.41. The van der Waals surface area contributed by atoms with Crippen molar-refractivity contribution >= 4 is 23.5 Å². The maximum Gasteiger partial charge on any atom is 0.168 e. The molecule has 0 N–H and O–H groups in total. The SMILES string of the molecule is COc1cccc(-c2cc(C=Cc3cccs3)ccc2C(C)C)c1OC. The Hall–Kier alpha value is -2.52. The summed E-state index contributed by atoms with van der Waals surface area (Å²) in [5, 5.41) is 2.09. The smallest absolute Gasteiger partial charge is 0.168 e. The van der Waals surface area contributed by atoms with E-state index in [0.717, 1.165) is 17.1 Å². The predicted molar refractivity (Wildman–Crippen MR) is 112 cm³/mol. The van der Waals surface area contributed by atoms with Gasteiger partial charge in [0.1, 0.15) is 0 Å². The Morgan fingerprint density at radius 3 is 2.38 bits per heavy atom. The van der Waals surface area contributed by atoms with Gasteiger partial charge in [0.2, 0.25) is 0 Å². The first kappa shape index (κ1) is 18.3. The Bertz CT molecular complexity index is 893. The van der Waals surface area contributed by atoms with Crippen molar-refractivity contribution in [3.63, 3.8) is 0 Å². The summed E-state index contributed by atoms with van der Waals surface area (Å²) < 4.78 is 11.2. The molecule has 0 bridgehead atoms. The lowest BCUT2D eigenvalue weighted by Gasteiger charge is -2.18. The molecule has 0 fully saturated rings. The van der Waals surface area contributed by atoms with E-state index in [0.29, 0.717) is 5.92 Å². The topological polar surface area (TPSA) is 18.5 Å². The van der Waals surface area contributed by atoms with Gasteiger partial charge in [-0.1, -0.05) is 50.3 Å². The van der Waals surface area contributed by atoms with E-state index in [1.54, 1.807) is 25.6 Å². The molecule has 0 atom stereocenters. The van der Waals surface area contributed by atoms with Crippen molar-refractivity contribution in [3.05, 3.63) is 69.9 Å². The average Bonchev–Trinajstić information content (AvgIpc) is 3.18. The van der Waals surface area contributed by atoms with Crippen molar-refractivity contribution in [2.24, 2.45) is 0 Å². The first-order valence-corrected chi connectivity index (χ1v) is 9.59. The molecule has 1 aromatic heterocycles. The van der Waals surface area contributed by atoms with Gasteiger partial charge >= 0.3 is 0 Å². The van der Waals surface area contributed by atoms with Crippen molar-refractivity contribution in [2.75, 3.05) is 14.2 Å². The standard InChI is InChI=1S/C23H24O2S/c1-16(2)19-13-11-17(10-12-18-7-6-14-26-18)15-21(19)20-8-5-9-22(24-3)23(20)25-4/h5-16H,1-4H3. The molecule has 0 aliphatic rings. The number of para-hydroxylation sites is 1. The maximum atomic E-state index is 5.67. The molecule has 0 saturated heterocycles. The number of thiophene rings is 1. The fourth-order valence-corrected chi connectivity index (χ4v) is 3.70. The second-order valence-electron chi connectivity index (χ2n) is 6.39. The van der Waals surface area contributed by atoms with Crippen LogP contribution in [0.4, 0.5) is 0 Å². The number of ether oxygens (including phenoxy) is 2. The van der Waals surface area contributed by atoms with Crippen LogP contribution in [0.1, 0.15) is 35.8 Å². The van der Waals surface area contributed by atoms with Gasteiger partial charge in [-0.3, -0.25) is 0 Å². The molecule has 0 radical (unpaired) electrons. The molecule has 1 heterocycles. The summed E-state index contributed by atoms with van der Waals surface area (Å²) in [5.41, 5.74) is 4.71. The highest BCUT2D eigenvalue weighted by atomic mass is 32.1. The van der Waals surface area contributed by atoms with E-state index in [9.17, 15) is 0 Å². The van der Waals surface area contributed by atoms with E-state index in [4.69, 9.17) is 9.47 Å². The summed E-state index contributed by atoms with van der Waals surface area (Å²) in [7, 11) is 3.36. The predicted octanol–water partition coefficient (Wildman–Crippen LogP) is 6.73. The second kappa shape index (κ2) is 8.24. The molecule has 2 nitrogen and oxygen atoms in total. The average molecular weight is 365 g/mol. The zero-order valence-electron chi connectivity index (χ0n) is 15.7. The monoisotopic (exact) mass is 364 g/mol. The molecule has 26 heavy (non-hydrogen) atoms. The number of hydrogen-bond acceptors (Lipinski definition) is 3. The van der Waals surface area contributed by atoms with Gasteiger partial charge in [0, 0.05) is 10.4 Å². The minimum atomic E-state index is 0.413. The lowest BCUT2D eigenvalue weighted by Crippen LogP contribution is -1.97. The molecule has 0 saturated carbocycles. The molecule has 0 unspecified atom stereocenters. The van der Waals surface area contributed by atoms with Crippen LogP contribution in [-0.2, 0) is 0 Å². The molecule has 3 rings (SSSR count). The zero-order valence-corrected chi connectivity index (χ0v) is 16.5.